The first-order valence-corrected chi connectivity index (χ1v) is 9.43. The number of nitrogens with zero attached hydrogens (tertiary/aromatic N) is 5. The van der Waals surface area contributed by atoms with Gasteiger partial charge in [0.1, 0.15) is 11.0 Å². The lowest BCUT2D eigenvalue weighted by Crippen LogP contribution is -2.08. The van der Waals surface area contributed by atoms with Crippen molar-refractivity contribution in [3.05, 3.63) is 78.6 Å². The molecule has 0 saturated heterocycles. The molecule has 0 fully saturated rings. The zero-order chi connectivity index (χ0) is 19.8. The molecule has 6 nitrogen and oxygen atoms in total. The number of ether oxygens (including phenoxy) is 1. The molecular formula is C23H19N5O. The Labute approximate surface area is 167 Å². The van der Waals surface area contributed by atoms with Crippen LogP contribution in [-0.4, -0.2) is 32.1 Å². The van der Waals surface area contributed by atoms with E-state index < -0.39 is 0 Å². The van der Waals surface area contributed by atoms with Crippen molar-refractivity contribution in [2.75, 3.05) is 7.11 Å². The number of fused-ring (bicyclic) bond motifs is 3. The zero-order valence-electron chi connectivity index (χ0n) is 16.1. The third-order valence-corrected chi connectivity index (χ3v) is 5.23. The second-order valence-electron chi connectivity index (χ2n) is 6.93. The molecule has 0 radical (unpaired) electrons. The molecule has 0 bridgehead atoms. The Morgan fingerprint density at radius 3 is 2.45 bits per heavy atom. The van der Waals surface area contributed by atoms with Crippen molar-refractivity contribution in [2.24, 2.45) is 0 Å². The number of hydrogen-bond donors (Lipinski definition) is 0. The maximum Gasteiger partial charge on any atom is 0.212 e. The summed E-state index contributed by atoms with van der Waals surface area (Å²) in [6.45, 7) is 2.13. The summed E-state index contributed by atoms with van der Waals surface area (Å²) in [4.78, 5) is 8.89. The van der Waals surface area contributed by atoms with Gasteiger partial charge in [-0.2, -0.15) is 0 Å². The average Bonchev–Trinajstić information content (AvgIpc) is 3.23. The Hall–Kier alpha value is -3.80. The fraction of sp³-hybridized carbons (Fsp3) is 0.130. The van der Waals surface area contributed by atoms with Crippen LogP contribution in [0.5, 0.6) is 5.88 Å². The van der Waals surface area contributed by atoms with Crippen molar-refractivity contribution in [3.8, 4) is 17.0 Å². The van der Waals surface area contributed by atoms with Gasteiger partial charge in [-0.15, -0.1) is 5.10 Å². The van der Waals surface area contributed by atoms with Crippen LogP contribution in [0.15, 0.2) is 73.1 Å². The molecule has 5 rings (SSSR count). The minimum absolute atomic E-state index is 0.0538. The molecule has 2 aromatic carbocycles. The number of rotatable bonds is 4. The zero-order valence-corrected chi connectivity index (χ0v) is 16.1. The van der Waals surface area contributed by atoms with E-state index in [4.69, 9.17) is 4.74 Å². The highest BCUT2D eigenvalue weighted by Gasteiger charge is 2.16. The quantitative estimate of drug-likeness (QED) is 0.453. The first kappa shape index (κ1) is 17.3. The predicted octanol–water partition coefficient (Wildman–Crippen LogP) is 4.66. The average molecular weight is 381 g/mol. The summed E-state index contributed by atoms with van der Waals surface area (Å²) in [7, 11) is 1.61. The molecule has 0 N–H and O–H groups in total. The van der Waals surface area contributed by atoms with E-state index in [0.717, 1.165) is 33.1 Å². The van der Waals surface area contributed by atoms with Crippen molar-refractivity contribution < 1.29 is 4.74 Å². The van der Waals surface area contributed by atoms with Crippen LogP contribution in [-0.2, 0) is 0 Å². The Morgan fingerprint density at radius 2 is 1.69 bits per heavy atom. The van der Waals surface area contributed by atoms with Crippen molar-refractivity contribution in [1.29, 1.82) is 0 Å². The number of methoxy groups -OCH3 is 1. The first-order chi connectivity index (χ1) is 14.2. The van der Waals surface area contributed by atoms with Gasteiger partial charge in [0, 0.05) is 23.2 Å². The summed E-state index contributed by atoms with van der Waals surface area (Å²) >= 11 is 0. The van der Waals surface area contributed by atoms with E-state index in [2.05, 4.69) is 51.5 Å². The molecule has 6 heteroatoms. The lowest BCUT2D eigenvalue weighted by atomic mass is 10.0. The molecule has 29 heavy (non-hydrogen) atoms. The molecule has 142 valence electrons. The lowest BCUT2D eigenvalue weighted by Gasteiger charge is -2.14. The highest BCUT2D eigenvalue weighted by atomic mass is 16.5. The summed E-state index contributed by atoms with van der Waals surface area (Å²) < 4.78 is 7.14. The van der Waals surface area contributed by atoms with Crippen LogP contribution in [0.4, 0.5) is 0 Å². The number of aromatic nitrogens is 5. The second-order valence-corrected chi connectivity index (χ2v) is 6.93. The van der Waals surface area contributed by atoms with Crippen LogP contribution in [0.25, 0.3) is 33.1 Å². The van der Waals surface area contributed by atoms with Gasteiger partial charge >= 0.3 is 0 Å². The molecular weight excluding hydrogens is 362 g/mol. The predicted molar refractivity (Wildman–Crippen MR) is 113 cm³/mol. The van der Waals surface area contributed by atoms with Gasteiger partial charge in [-0.3, -0.25) is 4.98 Å². The SMILES string of the molecule is COc1ccc(-c2ccc3ncc4nnn([C@H](C)c5ccccc5)c4c3c2)cn1. The number of hydrogen-bond acceptors (Lipinski definition) is 5. The monoisotopic (exact) mass is 381 g/mol. The molecule has 0 aliphatic rings. The molecule has 3 aromatic heterocycles. The molecule has 0 aliphatic carbocycles. The highest BCUT2D eigenvalue weighted by molar-refractivity contribution is 6.03. The topological polar surface area (TPSA) is 65.7 Å². The van der Waals surface area contributed by atoms with Gasteiger partial charge in [0.05, 0.1) is 24.9 Å². The maximum absolute atomic E-state index is 5.17. The smallest absolute Gasteiger partial charge is 0.212 e. The van der Waals surface area contributed by atoms with E-state index in [9.17, 15) is 0 Å². The van der Waals surface area contributed by atoms with E-state index in [1.165, 1.54) is 5.56 Å². The third-order valence-electron chi connectivity index (χ3n) is 5.23. The van der Waals surface area contributed by atoms with Gasteiger partial charge in [-0.05, 0) is 36.2 Å². The van der Waals surface area contributed by atoms with Gasteiger partial charge in [0.15, 0.2) is 0 Å². The molecule has 5 aromatic rings. The van der Waals surface area contributed by atoms with Crippen LogP contribution >= 0.6 is 0 Å². The Balaban J connectivity index is 1.69. The van der Waals surface area contributed by atoms with E-state index in [-0.39, 0.29) is 6.04 Å². The Morgan fingerprint density at radius 1 is 0.862 bits per heavy atom. The van der Waals surface area contributed by atoms with Crippen molar-refractivity contribution in [1.82, 2.24) is 25.0 Å². The summed E-state index contributed by atoms with van der Waals surface area (Å²) in [5.74, 6) is 0.595. The maximum atomic E-state index is 5.17. The Kier molecular flexibility index (Phi) is 4.17. The normalized spacial score (nSPS) is 12.3. The molecule has 1 atom stereocenters. The molecule has 0 aliphatic heterocycles. The summed E-state index contributed by atoms with van der Waals surface area (Å²) in [5, 5.41) is 9.82. The van der Waals surface area contributed by atoms with E-state index in [0.29, 0.717) is 5.88 Å². The van der Waals surface area contributed by atoms with Crippen molar-refractivity contribution >= 4 is 21.9 Å². The van der Waals surface area contributed by atoms with Crippen molar-refractivity contribution in [3.63, 3.8) is 0 Å². The van der Waals surface area contributed by atoms with Gasteiger partial charge in [0.2, 0.25) is 5.88 Å². The van der Waals surface area contributed by atoms with Gasteiger partial charge in [-0.25, -0.2) is 9.67 Å². The highest BCUT2D eigenvalue weighted by Crippen LogP contribution is 2.30. The minimum Gasteiger partial charge on any atom is -0.481 e. The number of benzene rings is 2. The lowest BCUT2D eigenvalue weighted by molar-refractivity contribution is 0.398. The standard InChI is InChI=1S/C23H19N5O/c1-15(16-6-4-3-5-7-16)28-23-19-12-17(18-9-11-22(29-2)25-13-18)8-10-20(19)24-14-21(23)26-27-28/h3-15H,1-2H3/t15-/m1/s1. The van der Waals surface area contributed by atoms with Crippen LogP contribution < -0.4 is 4.74 Å². The third kappa shape index (κ3) is 2.99. The minimum atomic E-state index is 0.0538. The van der Waals surface area contributed by atoms with Gasteiger partial charge in [0.25, 0.3) is 0 Å². The summed E-state index contributed by atoms with van der Waals surface area (Å²) in [6, 6.07) is 20.4. The molecule has 0 saturated carbocycles. The Bertz CT molecular complexity index is 1300. The molecule has 0 unspecified atom stereocenters. The fourth-order valence-electron chi connectivity index (χ4n) is 3.62. The molecule has 0 amide bonds. The van der Waals surface area contributed by atoms with Crippen LogP contribution in [0.2, 0.25) is 0 Å². The van der Waals surface area contributed by atoms with Gasteiger partial charge < -0.3 is 4.74 Å². The van der Waals surface area contributed by atoms with Crippen molar-refractivity contribution in [2.45, 2.75) is 13.0 Å². The van der Waals surface area contributed by atoms with Crippen LogP contribution in [0, 0.1) is 0 Å². The van der Waals surface area contributed by atoms with Crippen LogP contribution in [0.1, 0.15) is 18.5 Å². The fourth-order valence-corrected chi connectivity index (χ4v) is 3.62. The summed E-state index contributed by atoms with van der Waals surface area (Å²) in [6.07, 6.45) is 3.60. The summed E-state index contributed by atoms with van der Waals surface area (Å²) in [5.41, 5.74) is 5.92. The van der Waals surface area contributed by atoms with E-state index in [1.807, 2.05) is 47.3 Å². The largest absolute Gasteiger partial charge is 0.481 e. The van der Waals surface area contributed by atoms with Crippen LogP contribution in [0.3, 0.4) is 0 Å². The van der Waals surface area contributed by atoms with Gasteiger partial charge in [-0.1, -0.05) is 41.6 Å². The first-order valence-electron chi connectivity index (χ1n) is 9.43. The molecule has 3 heterocycles. The number of pyridine rings is 2. The van der Waals surface area contributed by atoms with E-state index >= 15 is 0 Å². The second kappa shape index (κ2) is 6.98. The van der Waals surface area contributed by atoms with E-state index in [1.54, 1.807) is 13.3 Å². The molecule has 0 spiro atoms.